The van der Waals surface area contributed by atoms with Gasteiger partial charge in [-0.3, -0.25) is 9.59 Å². The first-order valence-corrected chi connectivity index (χ1v) is 6.33. The summed E-state index contributed by atoms with van der Waals surface area (Å²) in [6.45, 7) is 0. The fourth-order valence-corrected chi connectivity index (χ4v) is 2.62. The average molecular weight is 259 g/mol. The van der Waals surface area contributed by atoms with Gasteiger partial charge >= 0.3 is 0 Å². The number of benzene rings is 2. The molecule has 0 saturated heterocycles. The smallest absolute Gasteiger partial charge is 0.234 e. The van der Waals surface area contributed by atoms with E-state index in [-0.39, 0.29) is 0 Å². The van der Waals surface area contributed by atoms with Crippen LogP contribution in [0.5, 0.6) is 0 Å². The summed E-state index contributed by atoms with van der Waals surface area (Å²) in [4.78, 5) is 28.3. The molecule has 1 aromatic heterocycles. The number of aromatic nitrogens is 1. The minimum Gasteiger partial charge on any atom is -0.286 e. The number of fused-ring (bicyclic) bond motifs is 4. The number of allylic oxidation sites excluding steroid dienone is 1. The zero-order chi connectivity index (χ0) is 13.7. The predicted octanol–water partition coefficient (Wildman–Crippen LogP) is 3.17. The number of pyridine rings is 1. The molecule has 1 heterocycles. The van der Waals surface area contributed by atoms with Crippen molar-refractivity contribution >= 4 is 39.4 Å². The monoisotopic (exact) mass is 259 g/mol. The van der Waals surface area contributed by atoms with Gasteiger partial charge in [0.15, 0.2) is 0 Å². The quantitative estimate of drug-likeness (QED) is 0.460. The van der Waals surface area contributed by atoms with Gasteiger partial charge in [-0.05, 0) is 29.8 Å². The van der Waals surface area contributed by atoms with E-state index in [1.54, 1.807) is 6.08 Å². The van der Waals surface area contributed by atoms with Gasteiger partial charge in [0.25, 0.3) is 0 Å². The van der Waals surface area contributed by atoms with Crippen LogP contribution in [0.25, 0.3) is 27.9 Å². The second kappa shape index (κ2) is 3.84. The highest BCUT2D eigenvalue weighted by Gasteiger charge is 2.23. The average Bonchev–Trinajstić information content (AvgIpc) is 2.48. The van der Waals surface area contributed by atoms with Crippen LogP contribution < -0.4 is 0 Å². The Morgan fingerprint density at radius 3 is 2.60 bits per heavy atom. The lowest BCUT2D eigenvalue weighted by atomic mass is 9.91. The van der Waals surface area contributed by atoms with Gasteiger partial charge in [-0.15, -0.1) is 0 Å². The van der Waals surface area contributed by atoms with Crippen molar-refractivity contribution < 1.29 is 9.59 Å². The minimum atomic E-state index is -0.474. The van der Waals surface area contributed by atoms with Crippen molar-refractivity contribution in [2.45, 2.75) is 0 Å². The Hall–Kier alpha value is -2.81. The van der Waals surface area contributed by atoms with Crippen molar-refractivity contribution in [3.63, 3.8) is 0 Å². The molecule has 94 valence electrons. The van der Waals surface area contributed by atoms with Gasteiger partial charge in [0, 0.05) is 16.3 Å². The number of Topliss-reactive ketones (excluding diaryl/α,β-unsaturated/α-hetero) is 1. The van der Waals surface area contributed by atoms with Crippen molar-refractivity contribution in [3.05, 3.63) is 59.7 Å². The van der Waals surface area contributed by atoms with Gasteiger partial charge in [0.05, 0.1) is 11.0 Å². The largest absolute Gasteiger partial charge is 0.286 e. The fourth-order valence-electron chi connectivity index (χ4n) is 2.62. The third-order valence-corrected chi connectivity index (χ3v) is 3.60. The lowest BCUT2D eigenvalue weighted by Gasteiger charge is -2.12. The molecule has 4 rings (SSSR count). The van der Waals surface area contributed by atoms with Crippen LogP contribution in [-0.4, -0.2) is 16.6 Å². The molecule has 3 nitrogen and oxygen atoms in total. The Bertz CT molecular complexity index is 938. The van der Waals surface area contributed by atoms with Crippen molar-refractivity contribution in [1.82, 2.24) is 4.98 Å². The molecule has 20 heavy (non-hydrogen) atoms. The number of rotatable bonds is 0. The predicted molar refractivity (Wildman–Crippen MR) is 77.6 cm³/mol. The molecular weight excluding hydrogens is 250 g/mol. The number of hydrogen-bond donors (Lipinski definition) is 0. The number of carbonyl (C=O) groups excluding carboxylic acids is 2. The molecule has 0 unspecified atom stereocenters. The van der Waals surface area contributed by atoms with Crippen LogP contribution >= 0.6 is 0 Å². The molecule has 0 radical (unpaired) electrons. The summed E-state index contributed by atoms with van der Waals surface area (Å²) in [6.07, 6.45) is 3.01. The van der Waals surface area contributed by atoms with Gasteiger partial charge in [-0.25, -0.2) is 4.98 Å². The maximum Gasteiger partial charge on any atom is 0.234 e. The highest BCUT2D eigenvalue weighted by atomic mass is 16.2. The lowest BCUT2D eigenvalue weighted by molar-refractivity contribution is -0.110. The van der Waals surface area contributed by atoms with Crippen molar-refractivity contribution in [2.75, 3.05) is 0 Å². The highest BCUT2D eigenvalue weighted by molar-refractivity contribution is 6.51. The minimum absolute atomic E-state index is 0.454. The van der Waals surface area contributed by atoms with Gasteiger partial charge in [0.1, 0.15) is 0 Å². The Morgan fingerprint density at radius 1 is 0.850 bits per heavy atom. The number of para-hydroxylation sites is 1. The van der Waals surface area contributed by atoms with Crippen molar-refractivity contribution in [1.29, 1.82) is 0 Å². The zero-order valence-electron chi connectivity index (χ0n) is 10.5. The van der Waals surface area contributed by atoms with Crippen LogP contribution in [0, 0.1) is 0 Å². The van der Waals surface area contributed by atoms with E-state index in [2.05, 4.69) is 4.98 Å². The van der Waals surface area contributed by atoms with E-state index in [4.69, 9.17) is 0 Å². The van der Waals surface area contributed by atoms with E-state index in [1.165, 1.54) is 6.08 Å². The second-order valence-electron chi connectivity index (χ2n) is 4.80. The van der Waals surface area contributed by atoms with E-state index in [9.17, 15) is 9.59 Å². The normalized spacial score (nSPS) is 14.0. The molecule has 0 aliphatic heterocycles. The third-order valence-electron chi connectivity index (χ3n) is 3.60. The molecule has 2 aromatic carbocycles. The zero-order valence-corrected chi connectivity index (χ0v) is 10.5. The van der Waals surface area contributed by atoms with E-state index >= 15 is 0 Å². The summed E-state index contributed by atoms with van der Waals surface area (Å²) in [5, 5.41) is 1.70. The summed E-state index contributed by atoms with van der Waals surface area (Å²) in [5.74, 6) is -0.927. The molecule has 0 amide bonds. The summed E-state index contributed by atoms with van der Waals surface area (Å²) in [7, 11) is 0. The summed E-state index contributed by atoms with van der Waals surface area (Å²) in [6, 6.07) is 13.4. The van der Waals surface area contributed by atoms with Crippen LogP contribution in [0.4, 0.5) is 0 Å². The topological polar surface area (TPSA) is 47.0 Å². The molecule has 3 heteroatoms. The molecule has 0 N–H and O–H groups in total. The van der Waals surface area contributed by atoms with E-state index in [1.807, 2.05) is 42.5 Å². The first kappa shape index (κ1) is 11.1. The Kier molecular flexibility index (Phi) is 2.12. The van der Waals surface area contributed by atoms with E-state index in [0.717, 1.165) is 27.4 Å². The number of ketones is 2. The first-order valence-electron chi connectivity index (χ1n) is 6.33. The van der Waals surface area contributed by atoms with Crippen LogP contribution in [-0.2, 0) is 4.79 Å². The van der Waals surface area contributed by atoms with Crippen LogP contribution in [0.2, 0.25) is 0 Å². The van der Waals surface area contributed by atoms with Crippen LogP contribution in [0.15, 0.2) is 48.5 Å². The first-order chi connectivity index (χ1) is 9.74. The molecule has 0 fully saturated rings. The molecular formula is C17H9NO2. The van der Waals surface area contributed by atoms with Gasteiger partial charge in [0.2, 0.25) is 11.6 Å². The van der Waals surface area contributed by atoms with Crippen molar-refractivity contribution in [3.8, 4) is 0 Å². The molecule has 0 atom stereocenters. The van der Waals surface area contributed by atoms with Gasteiger partial charge in [-0.2, -0.15) is 0 Å². The maximum absolute atomic E-state index is 12.1. The molecule has 1 aliphatic rings. The Balaban J connectivity index is 2.18. The molecule has 3 aromatic rings. The summed E-state index contributed by atoms with van der Waals surface area (Å²) >= 11 is 0. The van der Waals surface area contributed by atoms with E-state index < -0.39 is 11.6 Å². The Labute approximate surface area is 114 Å². The summed E-state index contributed by atoms with van der Waals surface area (Å²) in [5.41, 5.74) is 2.86. The fraction of sp³-hybridized carbons (Fsp3) is 0. The lowest BCUT2D eigenvalue weighted by Crippen LogP contribution is -2.16. The van der Waals surface area contributed by atoms with E-state index in [0.29, 0.717) is 5.56 Å². The number of nitrogens with zero attached hydrogens (tertiary/aromatic N) is 1. The van der Waals surface area contributed by atoms with Gasteiger partial charge in [-0.1, -0.05) is 30.3 Å². The van der Waals surface area contributed by atoms with Crippen LogP contribution in [0.1, 0.15) is 15.9 Å². The summed E-state index contributed by atoms with van der Waals surface area (Å²) < 4.78 is 0. The van der Waals surface area contributed by atoms with Gasteiger partial charge < -0.3 is 0 Å². The molecule has 0 saturated carbocycles. The standard InChI is InChI=1S/C17H9NO2/c19-15-8-6-10-5-7-14-12(16(10)17(15)20)9-11-3-1-2-4-13(11)18-14/h1-9H. The number of carbonyl (C=O) groups is 2. The Morgan fingerprint density at radius 2 is 1.70 bits per heavy atom. The molecule has 0 spiro atoms. The molecule has 0 bridgehead atoms. The molecule has 1 aliphatic carbocycles. The second-order valence-corrected chi connectivity index (χ2v) is 4.80. The number of hydrogen-bond acceptors (Lipinski definition) is 3. The maximum atomic E-state index is 12.1. The highest BCUT2D eigenvalue weighted by Crippen LogP contribution is 2.28. The third kappa shape index (κ3) is 1.43. The van der Waals surface area contributed by atoms with Crippen molar-refractivity contribution in [2.24, 2.45) is 0 Å². The van der Waals surface area contributed by atoms with Crippen LogP contribution in [0.3, 0.4) is 0 Å². The SMILES string of the molecule is O=C1C=Cc2ccc3nc4ccccc4cc3c2C1=O.